The Morgan fingerprint density at radius 3 is 2.64 bits per heavy atom. The third-order valence-electron chi connectivity index (χ3n) is 2.14. The van der Waals surface area contributed by atoms with E-state index in [1.165, 1.54) is 6.08 Å². The summed E-state index contributed by atoms with van der Waals surface area (Å²) in [4.78, 5) is 10.1. The minimum absolute atomic E-state index is 0.162. The lowest BCUT2D eigenvalue weighted by Crippen LogP contribution is -2.03. The molecule has 0 saturated heterocycles. The molecule has 0 aliphatic rings. The Labute approximate surface area is 85.4 Å². The fraction of sp³-hybridized carbons (Fsp3) is 0.727. The fourth-order valence-corrected chi connectivity index (χ4v) is 1.21. The second-order valence-electron chi connectivity index (χ2n) is 3.44. The Bertz CT molecular complexity index is 175. The zero-order chi connectivity index (χ0) is 10.8. The van der Waals surface area contributed by atoms with E-state index in [-0.39, 0.29) is 6.10 Å². The lowest BCUT2D eigenvalue weighted by Gasteiger charge is -2.05. The van der Waals surface area contributed by atoms with Gasteiger partial charge in [-0.3, -0.25) is 0 Å². The zero-order valence-electron chi connectivity index (χ0n) is 8.78. The van der Waals surface area contributed by atoms with Gasteiger partial charge in [-0.15, -0.1) is 0 Å². The van der Waals surface area contributed by atoms with Gasteiger partial charge in [-0.05, 0) is 25.7 Å². The molecule has 3 heteroatoms. The summed E-state index contributed by atoms with van der Waals surface area (Å²) in [5.41, 5.74) is 0. The molecule has 82 valence electrons. The molecular formula is C11H20O3. The van der Waals surface area contributed by atoms with Crippen LogP contribution in [0.1, 0.15) is 45.4 Å². The summed E-state index contributed by atoms with van der Waals surface area (Å²) >= 11 is 0. The largest absolute Gasteiger partial charge is 0.478 e. The van der Waals surface area contributed by atoms with Gasteiger partial charge in [0.05, 0.1) is 6.10 Å². The van der Waals surface area contributed by atoms with E-state index in [0.29, 0.717) is 0 Å². The van der Waals surface area contributed by atoms with Crippen molar-refractivity contribution in [3.63, 3.8) is 0 Å². The van der Waals surface area contributed by atoms with Crippen molar-refractivity contribution in [2.75, 3.05) is 0 Å². The van der Waals surface area contributed by atoms with Crippen LogP contribution in [0.25, 0.3) is 0 Å². The molecule has 0 aromatic rings. The van der Waals surface area contributed by atoms with Gasteiger partial charge in [-0.2, -0.15) is 0 Å². The van der Waals surface area contributed by atoms with Crippen molar-refractivity contribution in [1.29, 1.82) is 0 Å². The van der Waals surface area contributed by atoms with Gasteiger partial charge in [-0.25, -0.2) is 4.79 Å². The summed E-state index contributed by atoms with van der Waals surface area (Å²) in [6.45, 7) is 1.97. The third kappa shape index (κ3) is 9.26. The molecule has 0 saturated carbocycles. The molecular weight excluding hydrogens is 180 g/mol. The smallest absolute Gasteiger partial charge is 0.327 e. The second kappa shape index (κ2) is 8.75. The minimum Gasteiger partial charge on any atom is -0.478 e. The number of hydrogen-bond acceptors (Lipinski definition) is 2. The first-order valence-corrected chi connectivity index (χ1v) is 5.24. The van der Waals surface area contributed by atoms with Gasteiger partial charge >= 0.3 is 5.97 Å². The Morgan fingerprint density at radius 1 is 1.36 bits per heavy atom. The van der Waals surface area contributed by atoms with Crippen LogP contribution in [0.5, 0.6) is 0 Å². The van der Waals surface area contributed by atoms with E-state index < -0.39 is 5.97 Å². The van der Waals surface area contributed by atoms with Crippen molar-refractivity contribution in [2.24, 2.45) is 0 Å². The van der Waals surface area contributed by atoms with Crippen molar-refractivity contribution >= 4 is 5.97 Å². The monoisotopic (exact) mass is 200 g/mol. The highest BCUT2D eigenvalue weighted by Crippen LogP contribution is 2.07. The highest BCUT2D eigenvalue weighted by Gasteiger charge is 1.98. The molecule has 0 fully saturated rings. The van der Waals surface area contributed by atoms with Crippen LogP contribution in [0, 0.1) is 0 Å². The SMILES string of the molecule is CC[C@@H](O)CCCCC/C=C/C(=O)O. The summed E-state index contributed by atoms with van der Waals surface area (Å²) < 4.78 is 0. The van der Waals surface area contributed by atoms with E-state index in [4.69, 9.17) is 5.11 Å². The molecule has 0 aromatic carbocycles. The number of aliphatic hydroxyl groups excluding tert-OH is 1. The molecule has 0 aliphatic carbocycles. The van der Waals surface area contributed by atoms with Gasteiger partial charge in [0.25, 0.3) is 0 Å². The zero-order valence-corrected chi connectivity index (χ0v) is 8.78. The third-order valence-corrected chi connectivity index (χ3v) is 2.14. The Balaban J connectivity index is 3.18. The summed E-state index contributed by atoms with van der Waals surface area (Å²) in [5.74, 6) is -0.883. The minimum atomic E-state index is -0.883. The number of aliphatic hydroxyl groups is 1. The molecule has 0 heterocycles. The normalized spacial score (nSPS) is 13.3. The van der Waals surface area contributed by atoms with E-state index in [1.54, 1.807) is 6.08 Å². The summed E-state index contributed by atoms with van der Waals surface area (Å²) in [5, 5.41) is 17.5. The highest BCUT2D eigenvalue weighted by atomic mass is 16.4. The maximum absolute atomic E-state index is 10.1. The van der Waals surface area contributed by atoms with Crippen molar-refractivity contribution in [1.82, 2.24) is 0 Å². The Morgan fingerprint density at radius 2 is 2.07 bits per heavy atom. The molecule has 1 atom stereocenters. The number of allylic oxidation sites excluding steroid dienone is 1. The first kappa shape index (κ1) is 13.2. The van der Waals surface area contributed by atoms with Crippen LogP contribution in [0.3, 0.4) is 0 Å². The average Bonchev–Trinajstić information content (AvgIpc) is 2.15. The van der Waals surface area contributed by atoms with Crippen LogP contribution in [-0.2, 0) is 4.79 Å². The molecule has 0 radical (unpaired) electrons. The quantitative estimate of drug-likeness (QED) is 0.467. The maximum atomic E-state index is 10.1. The Hall–Kier alpha value is -0.830. The van der Waals surface area contributed by atoms with E-state index in [1.807, 2.05) is 6.92 Å². The van der Waals surface area contributed by atoms with E-state index >= 15 is 0 Å². The molecule has 0 spiro atoms. The first-order chi connectivity index (χ1) is 6.66. The molecule has 0 aliphatic heterocycles. The van der Waals surface area contributed by atoms with Crippen LogP contribution in [0.15, 0.2) is 12.2 Å². The predicted octanol–water partition coefficient (Wildman–Crippen LogP) is 2.35. The van der Waals surface area contributed by atoms with Crippen molar-refractivity contribution in [3.05, 3.63) is 12.2 Å². The van der Waals surface area contributed by atoms with Crippen molar-refractivity contribution < 1.29 is 15.0 Å². The molecule has 14 heavy (non-hydrogen) atoms. The lowest BCUT2D eigenvalue weighted by molar-refractivity contribution is -0.131. The maximum Gasteiger partial charge on any atom is 0.327 e. The van der Waals surface area contributed by atoms with Crippen LogP contribution >= 0.6 is 0 Å². The molecule has 2 N–H and O–H groups in total. The number of carboxylic acid groups (broad SMARTS) is 1. The number of rotatable bonds is 8. The van der Waals surface area contributed by atoms with Crippen molar-refractivity contribution in [3.8, 4) is 0 Å². The van der Waals surface area contributed by atoms with Gasteiger partial charge < -0.3 is 10.2 Å². The predicted molar refractivity (Wildman–Crippen MR) is 56.2 cm³/mol. The van der Waals surface area contributed by atoms with Crippen LogP contribution < -0.4 is 0 Å². The van der Waals surface area contributed by atoms with Crippen LogP contribution in [0.2, 0.25) is 0 Å². The van der Waals surface area contributed by atoms with E-state index in [2.05, 4.69) is 0 Å². The number of aliphatic carboxylic acids is 1. The summed E-state index contributed by atoms with van der Waals surface area (Å²) in [6, 6.07) is 0. The number of carboxylic acids is 1. The molecule has 0 aromatic heterocycles. The van der Waals surface area contributed by atoms with Crippen LogP contribution in [0.4, 0.5) is 0 Å². The Kier molecular flexibility index (Phi) is 8.24. The molecule has 0 bridgehead atoms. The standard InChI is InChI=1S/C11H20O3/c1-2-10(12)8-6-4-3-5-7-9-11(13)14/h7,9-10,12H,2-6,8H2,1H3,(H,13,14)/b9-7+/t10-/m1/s1. The van der Waals surface area contributed by atoms with Crippen molar-refractivity contribution in [2.45, 2.75) is 51.6 Å². The first-order valence-electron chi connectivity index (χ1n) is 5.24. The topological polar surface area (TPSA) is 57.5 Å². The molecule has 0 rings (SSSR count). The van der Waals surface area contributed by atoms with Gasteiger partial charge in [0.1, 0.15) is 0 Å². The van der Waals surface area contributed by atoms with Crippen LogP contribution in [-0.4, -0.2) is 22.3 Å². The van der Waals surface area contributed by atoms with Gasteiger partial charge in [-0.1, -0.05) is 25.8 Å². The highest BCUT2D eigenvalue weighted by molar-refractivity contribution is 5.79. The van der Waals surface area contributed by atoms with E-state index in [0.717, 1.165) is 38.5 Å². The van der Waals surface area contributed by atoms with Gasteiger partial charge in [0.15, 0.2) is 0 Å². The fourth-order valence-electron chi connectivity index (χ4n) is 1.21. The second-order valence-corrected chi connectivity index (χ2v) is 3.44. The van der Waals surface area contributed by atoms with E-state index in [9.17, 15) is 9.90 Å². The summed E-state index contributed by atoms with van der Waals surface area (Å²) in [6.07, 6.45) is 8.27. The molecule has 0 unspecified atom stereocenters. The van der Waals surface area contributed by atoms with Gasteiger partial charge in [0.2, 0.25) is 0 Å². The lowest BCUT2D eigenvalue weighted by atomic mass is 10.1. The molecule has 0 amide bonds. The summed E-state index contributed by atoms with van der Waals surface area (Å²) in [7, 11) is 0. The number of carbonyl (C=O) groups is 1. The number of unbranched alkanes of at least 4 members (excludes halogenated alkanes) is 3. The average molecular weight is 200 g/mol. The molecule has 3 nitrogen and oxygen atoms in total. The number of hydrogen-bond donors (Lipinski definition) is 2. The van der Waals surface area contributed by atoms with Gasteiger partial charge in [0, 0.05) is 6.08 Å².